The molecule has 0 aliphatic heterocycles. The van der Waals surface area contributed by atoms with Gasteiger partial charge in [-0.15, -0.1) is 0 Å². The molecule has 2 rings (SSSR count). The van der Waals surface area contributed by atoms with Gasteiger partial charge >= 0.3 is 0 Å². The van der Waals surface area contributed by atoms with Crippen LogP contribution in [0.1, 0.15) is 38.7 Å². The molecule has 1 fully saturated rings. The van der Waals surface area contributed by atoms with E-state index >= 15 is 0 Å². The van der Waals surface area contributed by atoms with E-state index in [1.54, 1.807) is 11.3 Å². The quantitative estimate of drug-likeness (QED) is 0.826. The van der Waals surface area contributed by atoms with Crippen molar-refractivity contribution in [3.8, 4) is 0 Å². The van der Waals surface area contributed by atoms with Crippen LogP contribution in [-0.2, 0) is 5.54 Å². The molecule has 1 aromatic rings. The molecule has 0 spiro atoms. The van der Waals surface area contributed by atoms with E-state index in [0.717, 1.165) is 24.7 Å². The third kappa shape index (κ3) is 2.29. The Balaban J connectivity index is 2.29. The van der Waals surface area contributed by atoms with E-state index in [2.05, 4.69) is 40.5 Å². The van der Waals surface area contributed by atoms with Crippen molar-refractivity contribution in [1.29, 1.82) is 0 Å². The number of hydrogen-bond acceptors (Lipinski definition) is 2. The molecule has 2 N–H and O–H groups in total. The normalized spacial score (nSPS) is 36.8. The zero-order valence-corrected chi connectivity index (χ0v) is 11.7. The summed E-state index contributed by atoms with van der Waals surface area (Å²) in [4.78, 5) is 0. The highest BCUT2D eigenvalue weighted by molar-refractivity contribution is 9.10. The van der Waals surface area contributed by atoms with Gasteiger partial charge in [-0.1, -0.05) is 13.8 Å². The molecule has 0 amide bonds. The summed E-state index contributed by atoms with van der Waals surface area (Å²) in [6.45, 7) is 4.63. The average molecular weight is 288 g/mol. The maximum absolute atomic E-state index is 6.58. The molecule has 1 aliphatic rings. The summed E-state index contributed by atoms with van der Waals surface area (Å²) in [5, 5.41) is 4.34. The first-order chi connectivity index (χ1) is 7.01. The van der Waals surface area contributed by atoms with Crippen LogP contribution in [0, 0.1) is 11.8 Å². The average Bonchev–Trinajstić information content (AvgIpc) is 2.48. The fourth-order valence-electron chi connectivity index (χ4n) is 3.04. The molecule has 1 nitrogen and oxygen atoms in total. The van der Waals surface area contributed by atoms with Crippen molar-refractivity contribution >= 4 is 27.3 Å². The number of thiophene rings is 1. The number of nitrogens with two attached hydrogens (primary N) is 1. The molecule has 2 atom stereocenters. The predicted octanol–water partition coefficient (Wildman–Crippen LogP) is 4.12. The third-order valence-electron chi connectivity index (χ3n) is 3.38. The van der Waals surface area contributed by atoms with Gasteiger partial charge in [0, 0.05) is 15.4 Å². The highest BCUT2D eigenvalue weighted by Gasteiger charge is 2.37. The Morgan fingerprint density at radius 1 is 1.33 bits per heavy atom. The van der Waals surface area contributed by atoms with E-state index in [4.69, 9.17) is 5.73 Å². The van der Waals surface area contributed by atoms with Crippen LogP contribution in [0.2, 0.25) is 0 Å². The molecule has 1 heterocycles. The van der Waals surface area contributed by atoms with E-state index in [9.17, 15) is 0 Å². The SMILES string of the molecule is CC1CC(C)CC(N)(c2cscc2Br)C1. The van der Waals surface area contributed by atoms with Crippen LogP contribution in [0.25, 0.3) is 0 Å². The molecule has 3 heteroatoms. The van der Waals surface area contributed by atoms with E-state index in [1.807, 2.05) is 0 Å². The van der Waals surface area contributed by atoms with Crippen molar-refractivity contribution < 1.29 is 0 Å². The Bertz CT molecular complexity index is 337. The Morgan fingerprint density at radius 2 is 1.93 bits per heavy atom. The standard InChI is InChI=1S/C12H18BrNS/c1-8-3-9(2)5-12(14,4-8)10-6-15-7-11(10)13/h6-9H,3-5,14H2,1-2H3. The summed E-state index contributed by atoms with van der Waals surface area (Å²) >= 11 is 5.34. The van der Waals surface area contributed by atoms with Gasteiger partial charge in [-0.2, -0.15) is 11.3 Å². The fourth-order valence-corrected chi connectivity index (χ4v) is 4.83. The molecule has 1 aromatic heterocycles. The second-order valence-corrected chi connectivity index (χ2v) is 6.74. The van der Waals surface area contributed by atoms with Crippen molar-refractivity contribution in [2.45, 2.75) is 38.6 Å². The van der Waals surface area contributed by atoms with Crippen molar-refractivity contribution in [1.82, 2.24) is 0 Å². The molecule has 2 unspecified atom stereocenters. The van der Waals surface area contributed by atoms with Gasteiger partial charge in [-0.3, -0.25) is 0 Å². The largest absolute Gasteiger partial charge is 0.321 e. The minimum atomic E-state index is -0.101. The molecule has 0 saturated heterocycles. The molecule has 84 valence electrons. The molecule has 1 saturated carbocycles. The highest BCUT2D eigenvalue weighted by Crippen LogP contribution is 2.43. The summed E-state index contributed by atoms with van der Waals surface area (Å²) < 4.78 is 1.19. The first-order valence-corrected chi connectivity index (χ1v) is 7.26. The van der Waals surface area contributed by atoms with Crippen LogP contribution >= 0.6 is 27.3 Å². The Morgan fingerprint density at radius 3 is 2.40 bits per heavy atom. The van der Waals surface area contributed by atoms with Gasteiger partial charge in [0.05, 0.1) is 0 Å². The van der Waals surface area contributed by atoms with E-state index in [0.29, 0.717) is 0 Å². The van der Waals surface area contributed by atoms with Gasteiger partial charge in [0.1, 0.15) is 0 Å². The third-order valence-corrected chi connectivity index (χ3v) is 5.08. The highest BCUT2D eigenvalue weighted by atomic mass is 79.9. The molecular weight excluding hydrogens is 270 g/mol. The van der Waals surface area contributed by atoms with Gasteiger partial charge in [0.2, 0.25) is 0 Å². The van der Waals surface area contributed by atoms with Crippen molar-refractivity contribution in [3.63, 3.8) is 0 Å². The number of halogens is 1. The van der Waals surface area contributed by atoms with Gasteiger partial charge < -0.3 is 5.73 Å². The zero-order chi connectivity index (χ0) is 11.1. The topological polar surface area (TPSA) is 26.0 Å². The minimum absolute atomic E-state index is 0.101. The van der Waals surface area contributed by atoms with Gasteiger partial charge in [0.15, 0.2) is 0 Å². The summed E-state index contributed by atoms with van der Waals surface area (Å²) in [7, 11) is 0. The summed E-state index contributed by atoms with van der Waals surface area (Å²) in [6, 6.07) is 0. The molecule has 0 radical (unpaired) electrons. The monoisotopic (exact) mass is 287 g/mol. The smallest absolute Gasteiger partial charge is 0.0434 e. The lowest BCUT2D eigenvalue weighted by atomic mass is 9.70. The Labute approximate surface area is 104 Å². The second-order valence-electron chi connectivity index (χ2n) is 5.14. The van der Waals surface area contributed by atoms with E-state index in [1.165, 1.54) is 16.5 Å². The minimum Gasteiger partial charge on any atom is -0.321 e. The zero-order valence-electron chi connectivity index (χ0n) is 9.29. The van der Waals surface area contributed by atoms with E-state index in [-0.39, 0.29) is 5.54 Å². The predicted molar refractivity (Wildman–Crippen MR) is 70.1 cm³/mol. The van der Waals surface area contributed by atoms with Gasteiger partial charge in [-0.05, 0) is 58.0 Å². The maximum Gasteiger partial charge on any atom is 0.0434 e. The number of hydrogen-bond donors (Lipinski definition) is 1. The lowest BCUT2D eigenvalue weighted by molar-refractivity contribution is 0.183. The first-order valence-electron chi connectivity index (χ1n) is 5.52. The lowest BCUT2D eigenvalue weighted by Crippen LogP contribution is -2.43. The van der Waals surface area contributed by atoms with Crippen LogP contribution in [0.5, 0.6) is 0 Å². The Hall–Kier alpha value is 0.140. The Kier molecular flexibility index (Phi) is 3.25. The molecule has 0 aromatic carbocycles. The molecular formula is C12H18BrNS. The summed E-state index contributed by atoms with van der Waals surface area (Å²) in [6.07, 6.45) is 3.56. The number of rotatable bonds is 1. The first kappa shape index (κ1) is 11.6. The summed E-state index contributed by atoms with van der Waals surface area (Å²) in [5.74, 6) is 1.48. The van der Waals surface area contributed by atoms with Crippen LogP contribution in [0.15, 0.2) is 15.2 Å². The van der Waals surface area contributed by atoms with Crippen LogP contribution in [-0.4, -0.2) is 0 Å². The van der Waals surface area contributed by atoms with Crippen molar-refractivity contribution in [3.05, 3.63) is 20.8 Å². The lowest BCUT2D eigenvalue weighted by Gasteiger charge is -2.40. The van der Waals surface area contributed by atoms with Crippen molar-refractivity contribution in [2.75, 3.05) is 0 Å². The van der Waals surface area contributed by atoms with Crippen LogP contribution in [0.3, 0.4) is 0 Å². The van der Waals surface area contributed by atoms with Crippen LogP contribution < -0.4 is 5.73 Å². The van der Waals surface area contributed by atoms with Crippen molar-refractivity contribution in [2.24, 2.45) is 17.6 Å². The second kappa shape index (κ2) is 4.19. The molecule has 0 bridgehead atoms. The van der Waals surface area contributed by atoms with E-state index < -0.39 is 0 Å². The maximum atomic E-state index is 6.58. The molecule has 1 aliphatic carbocycles. The van der Waals surface area contributed by atoms with Gasteiger partial charge in [-0.25, -0.2) is 0 Å². The van der Waals surface area contributed by atoms with Gasteiger partial charge in [0.25, 0.3) is 0 Å². The molecule has 15 heavy (non-hydrogen) atoms. The summed E-state index contributed by atoms with van der Waals surface area (Å²) in [5.41, 5.74) is 7.79. The van der Waals surface area contributed by atoms with Crippen LogP contribution in [0.4, 0.5) is 0 Å². The fraction of sp³-hybridized carbons (Fsp3) is 0.667.